The van der Waals surface area contributed by atoms with Gasteiger partial charge in [0, 0.05) is 41.8 Å². The monoisotopic (exact) mass is 318 g/mol. The first-order valence-corrected chi connectivity index (χ1v) is 9.01. The number of hydrogen-bond acceptors (Lipinski definition) is 1. The first-order valence-electron chi connectivity index (χ1n) is 9.01. The van der Waals surface area contributed by atoms with Crippen molar-refractivity contribution in [2.75, 3.05) is 0 Å². The van der Waals surface area contributed by atoms with Crippen molar-refractivity contribution in [2.45, 2.75) is 52.7 Å². The van der Waals surface area contributed by atoms with E-state index in [9.17, 15) is 0 Å². The van der Waals surface area contributed by atoms with Gasteiger partial charge < -0.3 is 4.98 Å². The van der Waals surface area contributed by atoms with E-state index >= 15 is 0 Å². The second-order valence-corrected chi connectivity index (χ2v) is 7.60. The Bertz CT molecular complexity index is 886. The van der Waals surface area contributed by atoms with Gasteiger partial charge in [-0.05, 0) is 54.2 Å². The van der Waals surface area contributed by atoms with Crippen LogP contribution in [0.4, 0.5) is 0 Å². The molecular formula is C22H26N2. The molecule has 1 aliphatic rings. The Morgan fingerprint density at radius 1 is 0.958 bits per heavy atom. The summed E-state index contributed by atoms with van der Waals surface area (Å²) in [6.45, 7) is 11.2. The number of H-pyrrole nitrogens is 1. The molecule has 0 aliphatic carbocycles. The number of nitrogens with zero attached hydrogens (tertiary/aromatic N) is 1. The summed E-state index contributed by atoms with van der Waals surface area (Å²) in [5.41, 5.74) is 8.35. The molecule has 2 heterocycles. The lowest BCUT2D eigenvalue weighted by molar-refractivity contribution is 0.227. The normalized spacial score (nSPS) is 14.9. The maximum absolute atomic E-state index is 3.46. The highest BCUT2D eigenvalue weighted by Gasteiger charge is 2.24. The van der Waals surface area contributed by atoms with E-state index in [1.165, 1.54) is 38.7 Å². The number of hydrogen-bond donors (Lipinski definition) is 1. The molecule has 0 saturated heterocycles. The van der Waals surface area contributed by atoms with E-state index in [2.05, 4.69) is 80.2 Å². The highest BCUT2D eigenvalue weighted by molar-refractivity contribution is 5.97. The van der Waals surface area contributed by atoms with Crippen LogP contribution < -0.4 is 0 Å². The number of aromatic amines is 1. The fourth-order valence-corrected chi connectivity index (χ4v) is 3.78. The van der Waals surface area contributed by atoms with Gasteiger partial charge in [-0.1, -0.05) is 38.1 Å². The van der Waals surface area contributed by atoms with Crippen molar-refractivity contribution in [3.05, 3.63) is 59.3 Å². The van der Waals surface area contributed by atoms with Crippen LogP contribution in [0.1, 0.15) is 50.3 Å². The van der Waals surface area contributed by atoms with Crippen molar-refractivity contribution < 1.29 is 0 Å². The van der Waals surface area contributed by atoms with Gasteiger partial charge in [-0.2, -0.15) is 0 Å². The molecule has 0 unspecified atom stereocenters. The first kappa shape index (κ1) is 15.5. The van der Waals surface area contributed by atoms with Gasteiger partial charge in [-0.15, -0.1) is 0 Å². The summed E-state index contributed by atoms with van der Waals surface area (Å²) in [5, 5.41) is 1.34. The molecule has 0 atom stereocenters. The van der Waals surface area contributed by atoms with Crippen molar-refractivity contribution in [1.29, 1.82) is 0 Å². The highest BCUT2D eigenvalue weighted by atomic mass is 15.2. The Morgan fingerprint density at radius 2 is 1.79 bits per heavy atom. The molecule has 0 spiro atoms. The Balaban J connectivity index is 1.85. The third kappa shape index (κ3) is 2.46. The molecular weight excluding hydrogens is 292 g/mol. The van der Waals surface area contributed by atoms with Gasteiger partial charge in [0.25, 0.3) is 0 Å². The van der Waals surface area contributed by atoms with E-state index in [0.29, 0.717) is 12.0 Å². The smallest absolute Gasteiger partial charge is 0.0460 e. The summed E-state index contributed by atoms with van der Waals surface area (Å²) < 4.78 is 0. The third-order valence-electron chi connectivity index (χ3n) is 5.40. The highest BCUT2D eigenvalue weighted by Crippen LogP contribution is 2.37. The van der Waals surface area contributed by atoms with E-state index in [1.807, 2.05) is 0 Å². The maximum atomic E-state index is 3.46. The minimum absolute atomic E-state index is 0.551. The van der Waals surface area contributed by atoms with Crippen LogP contribution in [0.15, 0.2) is 42.6 Å². The summed E-state index contributed by atoms with van der Waals surface area (Å²) in [6.07, 6.45) is 2.18. The van der Waals surface area contributed by atoms with Gasteiger partial charge in [-0.25, -0.2) is 0 Å². The number of rotatable bonds is 3. The van der Waals surface area contributed by atoms with E-state index < -0.39 is 0 Å². The van der Waals surface area contributed by atoms with Crippen molar-refractivity contribution in [3.8, 4) is 11.1 Å². The van der Waals surface area contributed by atoms with Gasteiger partial charge in [0.05, 0.1) is 0 Å². The van der Waals surface area contributed by atoms with Gasteiger partial charge in [0.15, 0.2) is 0 Å². The summed E-state index contributed by atoms with van der Waals surface area (Å²) in [5.74, 6) is 0.551. The zero-order valence-corrected chi connectivity index (χ0v) is 15.1. The Hall–Kier alpha value is -2.06. The number of fused-ring (bicyclic) bond motifs is 2. The van der Waals surface area contributed by atoms with Crippen LogP contribution in [0.5, 0.6) is 0 Å². The van der Waals surface area contributed by atoms with Crippen LogP contribution in [0, 0.1) is 0 Å². The second-order valence-electron chi connectivity index (χ2n) is 7.60. The number of aromatic nitrogens is 1. The summed E-state index contributed by atoms with van der Waals surface area (Å²) in [6, 6.07) is 14.2. The van der Waals surface area contributed by atoms with Crippen LogP contribution in [0.2, 0.25) is 0 Å². The molecule has 1 N–H and O–H groups in total. The minimum Gasteiger partial charge on any atom is -0.361 e. The SMILES string of the molecule is CC(C)c1ccc2[nH]cc(-c3cccc4c3CN(C(C)C)C4)c2c1. The molecule has 4 rings (SSSR count). The lowest BCUT2D eigenvalue weighted by Gasteiger charge is -2.19. The summed E-state index contributed by atoms with van der Waals surface area (Å²) >= 11 is 0. The molecule has 0 amide bonds. The number of nitrogens with one attached hydrogen (secondary N) is 1. The van der Waals surface area contributed by atoms with E-state index in [0.717, 1.165) is 13.1 Å². The topological polar surface area (TPSA) is 19.0 Å². The Kier molecular flexibility index (Phi) is 3.73. The summed E-state index contributed by atoms with van der Waals surface area (Å²) in [4.78, 5) is 6.01. The molecule has 1 aromatic heterocycles. The molecule has 2 aromatic carbocycles. The molecule has 1 aliphatic heterocycles. The fourth-order valence-electron chi connectivity index (χ4n) is 3.78. The predicted molar refractivity (Wildman–Crippen MR) is 102 cm³/mol. The molecule has 0 radical (unpaired) electrons. The molecule has 124 valence electrons. The zero-order valence-electron chi connectivity index (χ0n) is 15.1. The average Bonchev–Trinajstić information content (AvgIpc) is 3.18. The maximum Gasteiger partial charge on any atom is 0.0460 e. The molecule has 2 heteroatoms. The van der Waals surface area contributed by atoms with Crippen molar-refractivity contribution in [2.24, 2.45) is 0 Å². The minimum atomic E-state index is 0.551. The summed E-state index contributed by atoms with van der Waals surface area (Å²) in [7, 11) is 0. The largest absolute Gasteiger partial charge is 0.361 e. The molecule has 24 heavy (non-hydrogen) atoms. The lowest BCUT2D eigenvalue weighted by atomic mass is 9.94. The number of benzene rings is 2. The van der Waals surface area contributed by atoms with E-state index in [4.69, 9.17) is 0 Å². The average molecular weight is 318 g/mol. The van der Waals surface area contributed by atoms with Gasteiger partial charge >= 0.3 is 0 Å². The molecule has 0 fully saturated rings. The van der Waals surface area contributed by atoms with Crippen LogP contribution in [-0.4, -0.2) is 15.9 Å². The Morgan fingerprint density at radius 3 is 2.54 bits per heavy atom. The zero-order chi connectivity index (χ0) is 16.8. The fraction of sp³-hybridized carbons (Fsp3) is 0.364. The third-order valence-corrected chi connectivity index (χ3v) is 5.40. The van der Waals surface area contributed by atoms with Crippen LogP contribution in [0.3, 0.4) is 0 Å². The van der Waals surface area contributed by atoms with Gasteiger partial charge in [0.2, 0.25) is 0 Å². The van der Waals surface area contributed by atoms with Crippen molar-refractivity contribution in [3.63, 3.8) is 0 Å². The van der Waals surface area contributed by atoms with Crippen LogP contribution >= 0.6 is 0 Å². The van der Waals surface area contributed by atoms with E-state index in [1.54, 1.807) is 0 Å². The van der Waals surface area contributed by atoms with Crippen molar-refractivity contribution >= 4 is 10.9 Å². The molecule has 2 nitrogen and oxygen atoms in total. The lowest BCUT2D eigenvalue weighted by Crippen LogP contribution is -2.24. The standard InChI is InChI=1S/C22H26N2/c1-14(2)16-8-9-22-19(10-16)20(11-23-22)18-7-5-6-17-12-24(15(3)4)13-21(17)18/h5-11,14-15,23H,12-13H2,1-4H3. The first-order chi connectivity index (χ1) is 11.5. The van der Waals surface area contributed by atoms with Gasteiger partial charge in [-0.3, -0.25) is 4.90 Å². The van der Waals surface area contributed by atoms with E-state index in [-0.39, 0.29) is 0 Å². The van der Waals surface area contributed by atoms with Crippen molar-refractivity contribution in [1.82, 2.24) is 9.88 Å². The quantitative estimate of drug-likeness (QED) is 0.658. The Labute approximate surface area is 144 Å². The molecule has 3 aromatic rings. The van der Waals surface area contributed by atoms with Crippen LogP contribution in [0.25, 0.3) is 22.0 Å². The molecule has 0 bridgehead atoms. The second kappa shape index (κ2) is 5.78. The predicted octanol–water partition coefficient (Wildman–Crippen LogP) is 5.68. The molecule has 0 saturated carbocycles. The van der Waals surface area contributed by atoms with Crippen LogP contribution in [-0.2, 0) is 13.1 Å². The van der Waals surface area contributed by atoms with Gasteiger partial charge in [0.1, 0.15) is 0 Å².